The molecule has 1 aromatic carbocycles. The van der Waals surface area contributed by atoms with Crippen LogP contribution in [0.2, 0.25) is 0 Å². The minimum atomic E-state index is 0.540. The van der Waals surface area contributed by atoms with Gasteiger partial charge >= 0.3 is 0 Å². The normalized spacial score (nSPS) is 10.8. The number of anilines is 1. The molecule has 114 valence electrons. The van der Waals surface area contributed by atoms with Crippen molar-refractivity contribution in [2.75, 3.05) is 25.0 Å². The van der Waals surface area contributed by atoms with Crippen molar-refractivity contribution in [1.29, 1.82) is 0 Å². The monoisotopic (exact) mass is 298 g/mol. The molecule has 0 fully saturated rings. The molecule has 0 aliphatic rings. The van der Waals surface area contributed by atoms with Crippen molar-refractivity contribution in [3.63, 3.8) is 0 Å². The molecule has 0 atom stereocenters. The first-order chi connectivity index (χ1) is 10.8. The lowest BCUT2D eigenvalue weighted by atomic mass is 10.3. The Morgan fingerprint density at radius 3 is 2.77 bits per heavy atom. The van der Waals surface area contributed by atoms with E-state index < -0.39 is 0 Å². The summed E-state index contributed by atoms with van der Waals surface area (Å²) in [6.45, 7) is 3.80. The molecule has 3 aromatic rings. The molecule has 0 saturated carbocycles. The second-order valence-corrected chi connectivity index (χ2v) is 4.66. The molecular weight excluding hydrogens is 280 g/mol. The van der Waals surface area contributed by atoms with Crippen LogP contribution in [0.15, 0.2) is 36.8 Å². The number of hydrogen-bond donors (Lipinski definition) is 2. The Morgan fingerprint density at radius 2 is 2.05 bits per heavy atom. The summed E-state index contributed by atoms with van der Waals surface area (Å²) in [4.78, 5) is 8.57. The summed E-state index contributed by atoms with van der Waals surface area (Å²) in [7, 11) is 0. The highest BCUT2D eigenvalue weighted by Gasteiger charge is 2.10. The smallest absolute Gasteiger partial charge is 0.168 e. The van der Waals surface area contributed by atoms with Crippen LogP contribution in [0.3, 0.4) is 0 Å². The SMILES string of the molecule is CCOc1ccc(-n2ncc3c(NCCN)ncnc32)cc1. The van der Waals surface area contributed by atoms with Gasteiger partial charge in [0.1, 0.15) is 17.9 Å². The molecule has 0 radical (unpaired) electrons. The highest BCUT2D eigenvalue weighted by molar-refractivity contribution is 5.87. The van der Waals surface area contributed by atoms with Crippen LogP contribution in [0.4, 0.5) is 5.82 Å². The lowest BCUT2D eigenvalue weighted by Gasteiger charge is -2.07. The van der Waals surface area contributed by atoms with Crippen LogP contribution in [0, 0.1) is 0 Å². The first-order valence-electron chi connectivity index (χ1n) is 7.19. The minimum Gasteiger partial charge on any atom is -0.494 e. The molecule has 7 heteroatoms. The highest BCUT2D eigenvalue weighted by atomic mass is 16.5. The molecule has 3 rings (SSSR count). The summed E-state index contributed by atoms with van der Waals surface area (Å²) in [6, 6.07) is 7.74. The van der Waals surface area contributed by atoms with E-state index in [2.05, 4.69) is 20.4 Å². The number of nitrogens with one attached hydrogen (secondary N) is 1. The topological polar surface area (TPSA) is 90.9 Å². The van der Waals surface area contributed by atoms with Gasteiger partial charge in [0, 0.05) is 13.1 Å². The van der Waals surface area contributed by atoms with E-state index in [9.17, 15) is 0 Å². The molecule has 0 saturated heterocycles. The molecule has 0 bridgehead atoms. The third kappa shape index (κ3) is 2.71. The molecule has 3 N–H and O–H groups in total. The second-order valence-electron chi connectivity index (χ2n) is 4.66. The summed E-state index contributed by atoms with van der Waals surface area (Å²) < 4.78 is 7.23. The second kappa shape index (κ2) is 6.40. The lowest BCUT2D eigenvalue weighted by molar-refractivity contribution is 0.340. The van der Waals surface area contributed by atoms with E-state index in [0.717, 1.165) is 28.3 Å². The van der Waals surface area contributed by atoms with E-state index >= 15 is 0 Å². The van der Waals surface area contributed by atoms with Gasteiger partial charge in [0.25, 0.3) is 0 Å². The van der Waals surface area contributed by atoms with Crippen molar-refractivity contribution in [2.45, 2.75) is 6.92 Å². The first kappa shape index (κ1) is 14.3. The summed E-state index contributed by atoms with van der Waals surface area (Å²) in [5, 5.41) is 8.46. The Bertz CT molecular complexity index is 752. The van der Waals surface area contributed by atoms with Gasteiger partial charge in [-0.2, -0.15) is 5.10 Å². The largest absolute Gasteiger partial charge is 0.494 e. The number of hydrogen-bond acceptors (Lipinski definition) is 6. The zero-order valence-electron chi connectivity index (χ0n) is 12.4. The van der Waals surface area contributed by atoms with Gasteiger partial charge in [-0.25, -0.2) is 14.6 Å². The van der Waals surface area contributed by atoms with Crippen LogP contribution < -0.4 is 15.8 Å². The molecule has 0 aliphatic heterocycles. The fourth-order valence-electron chi connectivity index (χ4n) is 2.21. The molecule has 7 nitrogen and oxygen atoms in total. The van der Waals surface area contributed by atoms with Gasteiger partial charge in [0.2, 0.25) is 0 Å². The maximum Gasteiger partial charge on any atom is 0.168 e. The summed E-state index contributed by atoms with van der Waals surface area (Å²) in [6.07, 6.45) is 3.28. The Balaban J connectivity index is 1.97. The number of benzene rings is 1. The van der Waals surface area contributed by atoms with Crippen LogP contribution >= 0.6 is 0 Å². The summed E-state index contributed by atoms with van der Waals surface area (Å²) in [5.74, 6) is 1.58. The Kier molecular flexibility index (Phi) is 4.15. The van der Waals surface area contributed by atoms with E-state index in [1.165, 1.54) is 6.33 Å². The van der Waals surface area contributed by atoms with Crippen molar-refractivity contribution in [3.05, 3.63) is 36.8 Å². The highest BCUT2D eigenvalue weighted by Crippen LogP contribution is 2.22. The number of fused-ring (bicyclic) bond motifs is 1. The molecule has 0 aliphatic carbocycles. The Labute approximate surface area is 128 Å². The molecule has 2 heterocycles. The number of nitrogens with two attached hydrogens (primary N) is 1. The van der Waals surface area contributed by atoms with Crippen molar-refractivity contribution < 1.29 is 4.74 Å². The third-order valence-corrected chi connectivity index (χ3v) is 3.19. The van der Waals surface area contributed by atoms with Crippen molar-refractivity contribution in [2.24, 2.45) is 5.73 Å². The minimum absolute atomic E-state index is 0.540. The van der Waals surface area contributed by atoms with E-state index in [-0.39, 0.29) is 0 Å². The predicted octanol–water partition coefficient (Wildman–Crippen LogP) is 1.58. The molecule has 22 heavy (non-hydrogen) atoms. The van der Waals surface area contributed by atoms with Gasteiger partial charge in [-0.15, -0.1) is 0 Å². The van der Waals surface area contributed by atoms with Crippen molar-refractivity contribution in [3.8, 4) is 11.4 Å². The maximum atomic E-state index is 5.52. The molecule has 0 amide bonds. The fourth-order valence-corrected chi connectivity index (χ4v) is 2.21. The molecule has 2 aromatic heterocycles. The van der Waals surface area contributed by atoms with Gasteiger partial charge in [0.15, 0.2) is 5.65 Å². The average molecular weight is 298 g/mol. The Morgan fingerprint density at radius 1 is 1.23 bits per heavy atom. The quantitative estimate of drug-likeness (QED) is 0.718. The average Bonchev–Trinajstić information content (AvgIpc) is 2.98. The van der Waals surface area contributed by atoms with E-state index in [1.54, 1.807) is 10.9 Å². The van der Waals surface area contributed by atoms with E-state index in [0.29, 0.717) is 19.7 Å². The fraction of sp³-hybridized carbons (Fsp3) is 0.267. The molecule has 0 unspecified atom stereocenters. The zero-order valence-corrected chi connectivity index (χ0v) is 12.4. The summed E-state index contributed by atoms with van der Waals surface area (Å²) in [5.41, 5.74) is 7.18. The van der Waals surface area contributed by atoms with E-state index in [1.807, 2.05) is 31.2 Å². The zero-order chi connectivity index (χ0) is 15.4. The number of nitrogens with zero attached hydrogens (tertiary/aromatic N) is 4. The summed E-state index contributed by atoms with van der Waals surface area (Å²) >= 11 is 0. The van der Waals surface area contributed by atoms with Gasteiger partial charge in [-0.05, 0) is 31.2 Å². The van der Waals surface area contributed by atoms with Crippen LogP contribution in [-0.2, 0) is 0 Å². The van der Waals surface area contributed by atoms with Gasteiger partial charge in [-0.1, -0.05) is 0 Å². The van der Waals surface area contributed by atoms with Crippen molar-refractivity contribution >= 4 is 16.9 Å². The van der Waals surface area contributed by atoms with Crippen LogP contribution in [-0.4, -0.2) is 39.4 Å². The predicted molar refractivity (Wildman–Crippen MR) is 85.4 cm³/mol. The van der Waals surface area contributed by atoms with Gasteiger partial charge < -0.3 is 15.8 Å². The number of aromatic nitrogens is 4. The number of ether oxygens (including phenoxy) is 1. The van der Waals surface area contributed by atoms with Crippen LogP contribution in [0.25, 0.3) is 16.7 Å². The first-order valence-corrected chi connectivity index (χ1v) is 7.19. The standard InChI is InChI=1S/C15H18N6O/c1-2-22-12-5-3-11(4-6-12)21-15-13(9-20-21)14(17-8-7-16)18-10-19-15/h3-6,9-10H,2,7-8,16H2,1H3,(H,17,18,19). The Hall–Kier alpha value is -2.67. The maximum absolute atomic E-state index is 5.52. The molecular formula is C15H18N6O. The van der Waals surface area contributed by atoms with Crippen LogP contribution in [0.1, 0.15) is 6.92 Å². The van der Waals surface area contributed by atoms with Gasteiger partial charge in [-0.3, -0.25) is 0 Å². The van der Waals surface area contributed by atoms with Gasteiger partial charge in [0.05, 0.1) is 23.9 Å². The lowest BCUT2D eigenvalue weighted by Crippen LogP contribution is -2.14. The van der Waals surface area contributed by atoms with E-state index in [4.69, 9.17) is 10.5 Å². The number of rotatable bonds is 6. The van der Waals surface area contributed by atoms with Crippen molar-refractivity contribution in [1.82, 2.24) is 19.7 Å². The molecule has 0 spiro atoms. The third-order valence-electron chi connectivity index (χ3n) is 3.19. The van der Waals surface area contributed by atoms with Crippen LogP contribution in [0.5, 0.6) is 5.75 Å².